The summed E-state index contributed by atoms with van der Waals surface area (Å²) in [5.74, 6) is -0.906. The molecule has 0 heterocycles. The van der Waals surface area contributed by atoms with Gasteiger partial charge in [-0.05, 0) is 12.1 Å². The summed E-state index contributed by atoms with van der Waals surface area (Å²) in [7, 11) is 0. The van der Waals surface area contributed by atoms with E-state index in [9.17, 15) is 28.1 Å². The van der Waals surface area contributed by atoms with Gasteiger partial charge in [0, 0.05) is 12.1 Å². The molecular weight excluding hydrogens is 293 g/mol. The fourth-order valence-corrected chi connectivity index (χ4v) is 1.33. The maximum atomic E-state index is 12.0. The first-order chi connectivity index (χ1) is 9.71. The normalized spacial score (nSPS) is 13.1. The van der Waals surface area contributed by atoms with Crippen molar-refractivity contribution in [3.63, 3.8) is 0 Å². The fraction of sp³-hybridized carbons (Fsp3) is 0.250. The Bertz CT molecular complexity index is 558. The molecule has 2 N–H and O–H groups in total. The number of nitrogens with zero attached hydrogens (tertiary/aromatic N) is 1. The number of carbonyl (C=O) groups excluding carboxylic acids is 1. The molecule has 0 saturated heterocycles. The Kier molecular flexibility index (Phi) is 5.42. The molecule has 0 spiro atoms. The predicted molar refractivity (Wildman–Crippen MR) is 67.2 cm³/mol. The van der Waals surface area contributed by atoms with Crippen LogP contribution in [0.3, 0.4) is 0 Å². The molecule has 1 aromatic rings. The highest BCUT2D eigenvalue weighted by Gasteiger charge is 2.38. The van der Waals surface area contributed by atoms with Crippen molar-refractivity contribution in [3.05, 3.63) is 46.0 Å². The van der Waals surface area contributed by atoms with E-state index in [2.05, 4.69) is 0 Å². The van der Waals surface area contributed by atoms with Crippen LogP contribution in [0.2, 0.25) is 0 Å². The summed E-state index contributed by atoms with van der Waals surface area (Å²) in [5.41, 5.74) is -0.106. The van der Waals surface area contributed by atoms with Crippen molar-refractivity contribution < 1.29 is 28.0 Å². The van der Waals surface area contributed by atoms with Crippen LogP contribution in [0.15, 0.2) is 30.3 Å². The largest absolute Gasteiger partial charge is 0.416 e. The van der Waals surface area contributed by atoms with Gasteiger partial charge in [-0.25, -0.2) is 0 Å². The number of nitrogens with one attached hydrogen (secondary N) is 1. The Morgan fingerprint density at radius 1 is 1.43 bits per heavy atom. The molecule has 0 aromatic heterocycles. The minimum absolute atomic E-state index is 0.133. The molecule has 21 heavy (non-hydrogen) atoms. The average Bonchev–Trinajstić information content (AvgIpc) is 2.41. The maximum Gasteiger partial charge on any atom is 0.416 e. The Labute approximate surface area is 117 Å². The molecular formula is C12H11F3N2O4. The summed E-state index contributed by atoms with van der Waals surface area (Å²) in [5, 5.41) is 21.2. The number of halogens is 3. The molecule has 0 fully saturated rings. The molecule has 0 aliphatic rings. The maximum absolute atomic E-state index is 12.0. The number of amides is 1. The van der Waals surface area contributed by atoms with Gasteiger partial charge in [-0.3, -0.25) is 14.9 Å². The number of aliphatic hydroxyl groups excluding tert-OH is 1. The van der Waals surface area contributed by atoms with E-state index in [4.69, 9.17) is 5.11 Å². The minimum Gasteiger partial charge on any atom is -0.382 e. The van der Waals surface area contributed by atoms with Crippen molar-refractivity contribution in [3.8, 4) is 0 Å². The second kappa shape index (κ2) is 6.84. The monoisotopic (exact) mass is 304 g/mol. The number of aliphatic hydroxyl groups is 1. The summed E-state index contributed by atoms with van der Waals surface area (Å²) >= 11 is 0. The minimum atomic E-state index is -4.82. The lowest BCUT2D eigenvalue weighted by atomic mass is 10.1. The Balaban J connectivity index is 2.65. The van der Waals surface area contributed by atoms with Gasteiger partial charge in [-0.1, -0.05) is 12.1 Å². The molecule has 1 unspecified atom stereocenters. The van der Waals surface area contributed by atoms with Crippen molar-refractivity contribution in [2.45, 2.75) is 12.3 Å². The number of carbonyl (C=O) groups is 1. The van der Waals surface area contributed by atoms with Gasteiger partial charge >= 0.3 is 6.18 Å². The lowest BCUT2D eigenvalue weighted by molar-refractivity contribution is -0.385. The molecule has 0 bridgehead atoms. The van der Waals surface area contributed by atoms with Crippen LogP contribution in [0, 0.1) is 10.1 Å². The van der Waals surface area contributed by atoms with E-state index in [0.717, 1.165) is 12.2 Å². The number of para-hydroxylation sites is 1. The number of alkyl halides is 3. The summed E-state index contributed by atoms with van der Waals surface area (Å²) in [6.45, 7) is -0.996. The van der Waals surface area contributed by atoms with Crippen molar-refractivity contribution in [2.24, 2.45) is 0 Å². The van der Waals surface area contributed by atoms with E-state index in [-0.39, 0.29) is 11.3 Å². The summed E-state index contributed by atoms with van der Waals surface area (Å²) in [6.07, 6.45) is -5.53. The van der Waals surface area contributed by atoms with E-state index in [0.29, 0.717) is 0 Å². The summed E-state index contributed by atoms with van der Waals surface area (Å²) in [4.78, 5) is 21.3. The van der Waals surface area contributed by atoms with Crippen molar-refractivity contribution in [2.75, 3.05) is 6.54 Å². The fourth-order valence-electron chi connectivity index (χ4n) is 1.33. The number of nitro benzene ring substituents is 1. The van der Waals surface area contributed by atoms with Gasteiger partial charge in [0.25, 0.3) is 5.69 Å². The van der Waals surface area contributed by atoms with Crippen LogP contribution in [0.4, 0.5) is 18.9 Å². The zero-order valence-electron chi connectivity index (χ0n) is 10.5. The first kappa shape index (κ1) is 16.6. The molecule has 0 saturated carbocycles. The zero-order valence-corrected chi connectivity index (χ0v) is 10.5. The second-order valence-corrected chi connectivity index (χ2v) is 3.95. The molecule has 0 aliphatic carbocycles. The average molecular weight is 304 g/mol. The third-order valence-electron chi connectivity index (χ3n) is 2.40. The van der Waals surface area contributed by atoms with Gasteiger partial charge in [0.05, 0.1) is 17.0 Å². The first-order valence-electron chi connectivity index (χ1n) is 5.66. The summed E-state index contributed by atoms with van der Waals surface area (Å²) in [6, 6.07) is 5.56. The lowest BCUT2D eigenvalue weighted by Gasteiger charge is -2.14. The van der Waals surface area contributed by atoms with E-state index >= 15 is 0 Å². The Hall–Kier alpha value is -2.42. The van der Waals surface area contributed by atoms with Gasteiger partial charge in [-0.2, -0.15) is 13.2 Å². The SMILES string of the molecule is O=C(/C=C/c1ccccc1[N+](=O)[O-])NCC(O)C(F)(F)F. The van der Waals surface area contributed by atoms with Crippen LogP contribution in [-0.4, -0.2) is 34.8 Å². The molecule has 1 rings (SSSR count). The van der Waals surface area contributed by atoms with Crippen molar-refractivity contribution >= 4 is 17.7 Å². The Morgan fingerprint density at radius 3 is 2.62 bits per heavy atom. The van der Waals surface area contributed by atoms with Crippen LogP contribution in [0.1, 0.15) is 5.56 Å². The van der Waals surface area contributed by atoms with Crippen LogP contribution < -0.4 is 5.32 Å². The quantitative estimate of drug-likeness (QED) is 0.491. The van der Waals surface area contributed by atoms with E-state index in [1.54, 1.807) is 0 Å². The standard InChI is InChI=1S/C12H11F3N2O4/c13-12(14,15)10(18)7-16-11(19)6-5-8-3-1-2-4-9(8)17(20)21/h1-6,10,18H,7H2,(H,16,19)/b6-5+. The van der Waals surface area contributed by atoms with E-state index in [1.165, 1.54) is 24.3 Å². The third kappa shape index (κ3) is 5.22. The number of hydrogen-bond donors (Lipinski definition) is 2. The zero-order chi connectivity index (χ0) is 16.0. The van der Waals surface area contributed by atoms with E-state index in [1.807, 2.05) is 5.32 Å². The van der Waals surface area contributed by atoms with Gasteiger partial charge < -0.3 is 10.4 Å². The van der Waals surface area contributed by atoms with Crippen LogP contribution in [0.5, 0.6) is 0 Å². The van der Waals surface area contributed by atoms with Crippen LogP contribution in [0.25, 0.3) is 6.08 Å². The molecule has 1 amide bonds. The molecule has 0 aliphatic heterocycles. The smallest absolute Gasteiger partial charge is 0.382 e. The number of hydrogen-bond acceptors (Lipinski definition) is 4. The summed E-state index contributed by atoms with van der Waals surface area (Å²) < 4.78 is 36.0. The van der Waals surface area contributed by atoms with Gasteiger partial charge in [0.2, 0.25) is 5.91 Å². The third-order valence-corrected chi connectivity index (χ3v) is 2.40. The first-order valence-corrected chi connectivity index (χ1v) is 5.66. The molecule has 0 radical (unpaired) electrons. The molecule has 1 aromatic carbocycles. The number of nitro groups is 1. The number of rotatable bonds is 5. The van der Waals surface area contributed by atoms with Crippen molar-refractivity contribution in [1.82, 2.24) is 5.32 Å². The Morgan fingerprint density at radius 2 is 2.05 bits per heavy atom. The molecule has 9 heteroatoms. The van der Waals surface area contributed by atoms with Crippen LogP contribution in [-0.2, 0) is 4.79 Å². The highest BCUT2D eigenvalue weighted by Crippen LogP contribution is 2.20. The molecule has 114 valence electrons. The van der Waals surface area contributed by atoms with Gasteiger partial charge in [0.15, 0.2) is 6.10 Å². The topological polar surface area (TPSA) is 92.5 Å². The highest BCUT2D eigenvalue weighted by molar-refractivity contribution is 5.92. The second-order valence-electron chi connectivity index (χ2n) is 3.95. The highest BCUT2D eigenvalue weighted by atomic mass is 19.4. The van der Waals surface area contributed by atoms with Crippen LogP contribution >= 0.6 is 0 Å². The van der Waals surface area contributed by atoms with Crippen molar-refractivity contribution in [1.29, 1.82) is 0 Å². The van der Waals surface area contributed by atoms with Gasteiger partial charge in [0.1, 0.15) is 0 Å². The lowest BCUT2D eigenvalue weighted by Crippen LogP contribution is -2.40. The van der Waals surface area contributed by atoms with E-state index < -0.39 is 29.7 Å². The van der Waals surface area contributed by atoms with Gasteiger partial charge in [-0.15, -0.1) is 0 Å². The predicted octanol–water partition coefficient (Wildman–Crippen LogP) is 1.65. The molecule has 6 nitrogen and oxygen atoms in total. The molecule has 1 atom stereocenters. The number of benzene rings is 1.